The van der Waals surface area contributed by atoms with Gasteiger partial charge in [0.05, 0.1) is 19.8 Å². The van der Waals surface area contributed by atoms with E-state index in [-0.39, 0.29) is 24.9 Å². The van der Waals surface area contributed by atoms with Crippen molar-refractivity contribution in [3.05, 3.63) is 45.6 Å². The molecule has 0 saturated heterocycles. The molecule has 0 aliphatic rings. The van der Waals surface area contributed by atoms with Crippen LogP contribution in [0.3, 0.4) is 0 Å². The summed E-state index contributed by atoms with van der Waals surface area (Å²) in [5.74, 6) is 0.310. The fourth-order valence-corrected chi connectivity index (χ4v) is 3.28. The Kier molecular flexibility index (Phi) is 7.44. The van der Waals surface area contributed by atoms with E-state index in [0.29, 0.717) is 23.0 Å². The number of halogens is 1. The Morgan fingerprint density at radius 3 is 2.73 bits per heavy atom. The van der Waals surface area contributed by atoms with Crippen LogP contribution < -0.4 is 15.0 Å². The molecule has 2 N–H and O–H groups in total. The number of thiophene rings is 1. The van der Waals surface area contributed by atoms with Crippen LogP contribution in [0.4, 0.5) is 5.69 Å². The van der Waals surface area contributed by atoms with Crippen LogP contribution >= 0.6 is 22.9 Å². The number of benzene rings is 1. The molecule has 0 saturated carbocycles. The summed E-state index contributed by atoms with van der Waals surface area (Å²) in [6, 6.07) is 7.01. The third-order valence-electron chi connectivity index (χ3n) is 3.78. The number of rotatable bonds is 8. The van der Waals surface area contributed by atoms with Gasteiger partial charge in [0.25, 0.3) is 11.8 Å². The minimum Gasteiger partial charge on any atom is -0.495 e. The third-order valence-corrected chi connectivity index (χ3v) is 4.74. The quantitative estimate of drug-likeness (QED) is 0.711. The summed E-state index contributed by atoms with van der Waals surface area (Å²) in [5.41, 5.74) is 1.62. The first-order chi connectivity index (χ1) is 12.4. The van der Waals surface area contributed by atoms with Crippen molar-refractivity contribution >= 4 is 40.4 Å². The fraction of sp³-hybridized carbons (Fsp3) is 0.333. The van der Waals surface area contributed by atoms with Crippen molar-refractivity contribution < 1.29 is 19.2 Å². The maximum atomic E-state index is 12.3. The highest BCUT2D eigenvalue weighted by molar-refractivity contribution is 7.07. The van der Waals surface area contributed by atoms with Gasteiger partial charge in [-0.05, 0) is 40.6 Å². The maximum absolute atomic E-state index is 12.3. The van der Waals surface area contributed by atoms with Crippen LogP contribution in [0.15, 0.2) is 35.0 Å². The number of nitrogens with zero attached hydrogens (tertiary/aromatic N) is 1. The van der Waals surface area contributed by atoms with Crippen LogP contribution in [0.25, 0.3) is 0 Å². The minimum absolute atomic E-state index is 0.0122. The van der Waals surface area contributed by atoms with E-state index in [1.807, 2.05) is 23.9 Å². The first kappa shape index (κ1) is 20.2. The van der Waals surface area contributed by atoms with Gasteiger partial charge in [-0.25, -0.2) is 0 Å². The predicted molar refractivity (Wildman–Crippen MR) is 104 cm³/mol. The Morgan fingerprint density at radius 1 is 1.31 bits per heavy atom. The van der Waals surface area contributed by atoms with Crippen LogP contribution in [0, 0.1) is 0 Å². The summed E-state index contributed by atoms with van der Waals surface area (Å²) < 4.78 is 5.21. The summed E-state index contributed by atoms with van der Waals surface area (Å²) >= 11 is 7.57. The number of carbonyl (C=O) groups is 2. The summed E-state index contributed by atoms with van der Waals surface area (Å²) in [5, 5.41) is 7.29. The van der Waals surface area contributed by atoms with Gasteiger partial charge in [-0.15, -0.1) is 0 Å². The smallest absolute Gasteiger partial charge is 0.279 e. The molecule has 0 aliphatic heterocycles. The highest BCUT2D eigenvalue weighted by atomic mass is 35.5. The lowest BCUT2D eigenvalue weighted by Gasteiger charge is -2.19. The standard InChI is InChI=1S/C18H22ClN3O3S/c1-21(11-18(24)22(2)9-13-6-7-26-12-13)10-17(23)20-15-8-14(19)4-5-16(15)25-3/h4-8,12H,9-11H2,1-3H3,(H,20,23)/p+1. The number of carbonyl (C=O) groups excluding carboxylic acids is 2. The van der Waals surface area contributed by atoms with Gasteiger partial charge < -0.3 is 19.9 Å². The Labute approximate surface area is 162 Å². The Hall–Kier alpha value is -2.09. The molecule has 0 spiro atoms. The minimum atomic E-state index is -0.212. The van der Waals surface area contributed by atoms with Crippen LogP contribution in [0.5, 0.6) is 5.75 Å². The summed E-state index contributed by atoms with van der Waals surface area (Å²) in [6.07, 6.45) is 0. The molecule has 1 atom stereocenters. The molecule has 0 radical (unpaired) electrons. The number of likely N-dealkylation sites (N-methyl/N-ethyl adjacent to an activating group) is 2. The van der Waals surface area contributed by atoms with Crippen molar-refractivity contribution in [2.24, 2.45) is 0 Å². The molecule has 1 aromatic heterocycles. The van der Waals surface area contributed by atoms with Gasteiger partial charge in [0, 0.05) is 18.6 Å². The van der Waals surface area contributed by atoms with Gasteiger partial charge >= 0.3 is 0 Å². The molecule has 2 aromatic rings. The van der Waals surface area contributed by atoms with E-state index >= 15 is 0 Å². The van der Waals surface area contributed by atoms with Crippen molar-refractivity contribution in [2.75, 3.05) is 39.6 Å². The number of hydrogen-bond acceptors (Lipinski definition) is 4. The first-order valence-corrected chi connectivity index (χ1v) is 9.41. The number of ether oxygens (including phenoxy) is 1. The van der Waals surface area contributed by atoms with Crippen molar-refractivity contribution in [2.45, 2.75) is 6.54 Å². The van der Waals surface area contributed by atoms with E-state index in [1.165, 1.54) is 7.11 Å². The van der Waals surface area contributed by atoms with Crippen molar-refractivity contribution in [3.63, 3.8) is 0 Å². The first-order valence-electron chi connectivity index (χ1n) is 8.08. The second kappa shape index (κ2) is 9.56. The molecule has 1 unspecified atom stereocenters. The molecular formula is C18H23ClN3O3S+. The van der Waals surface area contributed by atoms with E-state index in [9.17, 15) is 9.59 Å². The zero-order valence-electron chi connectivity index (χ0n) is 15.0. The lowest BCUT2D eigenvalue weighted by atomic mass is 10.3. The number of quaternary nitrogens is 1. The Bertz CT molecular complexity index is 752. The molecular weight excluding hydrogens is 374 g/mol. The second-order valence-electron chi connectivity index (χ2n) is 6.08. The van der Waals surface area contributed by atoms with Gasteiger partial charge in [-0.1, -0.05) is 11.6 Å². The van der Waals surface area contributed by atoms with Crippen molar-refractivity contribution in [3.8, 4) is 5.75 Å². The topological polar surface area (TPSA) is 63.1 Å². The number of methoxy groups -OCH3 is 1. The second-order valence-corrected chi connectivity index (χ2v) is 7.30. The van der Waals surface area contributed by atoms with Gasteiger partial charge in [0.1, 0.15) is 5.75 Å². The SMILES string of the molecule is COc1ccc(Cl)cc1NC(=O)C[NH+](C)CC(=O)N(C)Cc1ccsc1. The average molecular weight is 397 g/mol. The van der Waals surface area contributed by atoms with E-state index < -0.39 is 0 Å². The van der Waals surface area contributed by atoms with E-state index in [0.717, 1.165) is 10.5 Å². The molecule has 8 heteroatoms. The van der Waals surface area contributed by atoms with Gasteiger partial charge in [0.2, 0.25) is 0 Å². The molecule has 0 bridgehead atoms. The molecule has 0 fully saturated rings. The van der Waals surface area contributed by atoms with E-state index in [1.54, 1.807) is 41.5 Å². The Morgan fingerprint density at radius 2 is 2.08 bits per heavy atom. The zero-order valence-corrected chi connectivity index (χ0v) is 16.6. The number of anilines is 1. The van der Waals surface area contributed by atoms with Gasteiger partial charge in [-0.2, -0.15) is 11.3 Å². The highest BCUT2D eigenvalue weighted by Gasteiger charge is 2.18. The largest absolute Gasteiger partial charge is 0.495 e. The van der Waals surface area contributed by atoms with Crippen LogP contribution in [-0.2, 0) is 16.1 Å². The van der Waals surface area contributed by atoms with Crippen LogP contribution in [-0.4, -0.2) is 51.0 Å². The molecule has 2 amide bonds. The highest BCUT2D eigenvalue weighted by Crippen LogP contribution is 2.27. The van der Waals surface area contributed by atoms with Crippen molar-refractivity contribution in [1.29, 1.82) is 0 Å². The summed E-state index contributed by atoms with van der Waals surface area (Å²) in [7, 11) is 5.10. The zero-order chi connectivity index (χ0) is 19.1. The van der Waals surface area contributed by atoms with Crippen LogP contribution in [0.1, 0.15) is 5.56 Å². The lowest BCUT2D eigenvalue weighted by Crippen LogP contribution is -3.11. The molecule has 2 rings (SSSR count). The van der Waals surface area contributed by atoms with E-state index in [4.69, 9.17) is 16.3 Å². The molecule has 6 nitrogen and oxygen atoms in total. The summed E-state index contributed by atoms with van der Waals surface area (Å²) in [6.45, 7) is 0.968. The average Bonchev–Trinajstić information content (AvgIpc) is 3.07. The third kappa shape index (κ3) is 6.01. The summed E-state index contributed by atoms with van der Waals surface area (Å²) in [4.78, 5) is 27.0. The van der Waals surface area contributed by atoms with Gasteiger partial charge in [0.15, 0.2) is 13.1 Å². The molecule has 1 aromatic carbocycles. The van der Waals surface area contributed by atoms with Crippen LogP contribution in [0.2, 0.25) is 5.02 Å². The molecule has 1 heterocycles. The van der Waals surface area contributed by atoms with Gasteiger partial charge in [-0.3, -0.25) is 9.59 Å². The monoisotopic (exact) mass is 396 g/mol. The number of amides is 2. The lowest BCUT2D eigenvalue weighted by molar-refractivity contribution is -0.862. The van der Waals surface area contributed by atoms with E-state index in [2.05, 4.69) is 5.32 Å². The maximum Gasteiger partial charge on any atom is 0.279 e. The normalized spacial score (nSPS) is 11.7. The number of hydrogen-bond donors (Lipinski definition) is 2. The number of nitrogens with one attached hydrogen (secondary N) is 2. The van der Waals surface area contributed by atoms with Crippen molar-refractivity contribution in [1.82, 2.24) is 4.90 Å². The fourth-order valence-electron chi connectivity index (χ4n) is 2.45. The predicted octanol–water partition coefficient (Wildman–Crippen LogP) is 1.52. The molecule has 26 heavy (non-hydrogen) atoms. The molecule has 140 valence electrons. The Balaban J connectivity index is 1.85. The molecule has 0 aliphatic carbocycles.